The monoisotopic (exact) mass is 488 g/mol. The summed E-state index contributed by atoms with van der Waals surface area (Å²) in [5, 5.41) is 4.47. The molecule has 10 heteroatoms. The lowest BCUT2D eigenvalue weighted by molar-refractivity contribution is -0.134. The Hall–Kier alpha value is -3.21. The summed E-state index contributed by atoms with van der Waals surface area (Å²) in [6.07, 6.45) is 0.392. The molecule has 0 saturated heterocycles. The molecule has 0 fully saturated rings. The van der Waals surface area contributed by atoms with Gasteiger partial charge in [0.15, 0.2) is 0 Å². The number of carbonyl (C=O) groups excluding carboxylic acids is 2. The lowest BCUT2D eigenvalue weighted by atomic mass is 10.2. The molecule has 0 atom stereocenters. The van der Waals surface area contributed by atoms with E-state index >= 15 is 0 Å². The van der Waals surface area contributed by atoms with E-state index in [9.17, 15) is 18.0 Å². The second kappa shape index (κ2) is 11.1. The lowest BCUT2D eigenvalue weighted by Gasteiger charge is -2.15. The highest BCUT2D eigenvalue weighted by Gasteiger charge is 2.21. The van der Waals surface area contributed by atoms with Crippen molar-refractivity contribution in [1.29, 1.82) is 0 Å². The van der Waals surface area contributed by atoms with Gasteiger partial charge >= 0.3 is 5.97 Å². The summed E-state index contributed by atoms with van der Waals surface area (Å²) >= 11 is 1.15. The van der Waals surface area contributed by atoms with Crippen molar-refractivity contribution in [3.63, 3.8) is 0 Å². The normalized spacial score (nSPS) is 11.2. The second-order valence-electron chi connectivity index (χ2n) is 7.02. The van der Waals surface area contributed by atoms with Gasteiger partial charge in [-0.15, -0.1) is 11.3 Å². The molecule has 33 heavy (non-hydrogen) atoms. The summed E-state index contributed by atoms with van der Waals surface area (Å²) in [5.74, 6) is 0.00535. The zero-order valence-corrected chi connectivity index (χ0v) is 19.8. The van der Waals surface area contributed by atoms with Crippen molar-refractivity contribution >= 4 is 38.9 Å². The minimum atomic E-state index is -3.53. The minimum absolute atomic E-state index is 0.0661. The Morgan fingerprint density at radius 2 is 1.76 bits per heavy atom. The van der Waals surface area contributed by atoms with Crippen LogP contribution in [0.25, 0.3) is 0 Å². The number of anilines is 1. The molecule has 0 unspecified atom stereocenters. The van der Waals surface area contributed by atoms with E-state index in [2.05, 4.69) is 5.32 Å². The highest BCUT2D eigenvalue weighted by Crippen LogP contribution is 2.22. The van der Waals surface area contributed by atoms with Gasteiger partial charge < -0.3 is 14.8 Å². The first-order valence-electron chi connectivity index (χ1n) is 10.1. The third kappa shape index (κ3) is 6.41. The molecule has 0 bridgehead atoms. The fourth-order valence-corrected chi connectivity index (χ4v) is 5.36. The Balaban J connectivity index is 1.47. The van der Waals surface area contributed by atoms with Gasteiger partial charge in [-0.3, -0.25) is 9.59 Å². The van der Waals surface area contributed by atoms with Gasteiger partial charge in [-0.25, -0.2) is 12.7 Å². The number of nitrogens with zero attached hydrogens (tertiary/aromatic N) is 1. The van der Waals surface area contributed by atoms with E-state index in [1.807, 2.05) is 0 Å². The van der Waals surface area contributed by atoms with Gasteiger partial charge in [0.05, 0.1) is 12.7 Å². The zero-order chi connectivity index (χ0) is 23.8. The van der Waals surface area contributed by atoms with E-state index in [0.29, 0.717) is 29.2 Å². The number of hydrogen-bond acceptors (Lipinski definition) is 7. The van der Waals surface area contributed by atoms with Gasteiger partial charge in [-0.1, -0.05) is 18.2 Å². The smallest absolute Gasteiger partial charge is 0.311 e. The standard InChI is InChI=1S/C23H24N2O6S2/c1-25(33(28,29)22-10-6-16-32-22)15-5-9-21(26)31-18-13-11-17(12-14-18)24-23(27)19-7-3-4-8-20(19)30-2/h3-4,6-8,10-14,16H,5,9,15H2,1-2H3,(H,24,27). The third-order valence-corrected chi connectivity index (χ3v) is 7.94. The van der Waals surface area contributed by atoms with Crippen LogP contribution in [0.1, 0.15) is 23.2 Å². The molecule has 3 rings (SSSR count). The number of amides is 1. The average Bonchev–Trinajstić information content (AvgIpc) is 3.36. The van der Waals surface area contributed by atoms with Gasteiger partial charge in [0, 0.05) is 25.7 Å². The quantitative estimate of drug-likeness (QED) is 0.342. The summed E-state index contributed by atoms with van der Waals surface area (Å²) in [5.41, 5.74) is 0.938. The summed E-state index contributed by atoms with van der Waals surface area (Å²) < 4.78 is 36.7. The van der Waals surface area contributed by atoms with Crippen molar-refractivity contribution in [3.05, 3.63) is 71.6 Å². The van der Waals surface area contributed by atoms with Crippen molar-refractivity contribution in [3.8, 4) is 11.5 Å². The van der Waals surface area contributed by atoms with E-state index in [1.54, 1.807) is 66.0 Å². The van der Waals surface area contributed by atoms with Gasteiger partial charge in [0.25, 0.3) is 15.9 Å². The predicted octanol–water partition coefficient (Wildman–Crippen LogP) is 4.02. The van der Waals surface area contributed by atoms with E-state index in [0.717, 1.165) is 11.3 Å². The number of esters is 1. The van der Waals surface area contributed by atoms with Crippen molar-refractivity contribution in [2.45, 2.75) is 17.1 Å². The van der Waals surface area contributed by atoms with E-state index in [-0.39, 0.29) is 23.1 Å². The summed E-state index contributed by atoms with van der Waals surface area (Å²) in [6.45, 7) is 0.198. The number of rotatable bonds is 10. The van der Waals surface area contributed by atoms with Crippen LogP contribution in [-0.4, -0.2) is 45.3 Å². The fourth-order valence-electron chi connectivity index (χ4n) is 2.95. The maximum Gasteiger partial charge on any atom is 0.311 e. The fraction of sp³-hybridized carbons (Fsp3) is 0.217. The highest BCUT2D eigenvalue weighted by molar-refractivity contribution is 7.91. The summed E-state index contributed by atoms with van der Waals surface area (Å²) in [7, 11) is -0.554. The van der Waals surface area contributed by atoms with Crippen LogP contribution in [0.15, 0.2) is 70.3 Å². The molecule has 1 heterocycles. The van der Waals surface area contributed by atoms with Crippen molar-refractivity contribution in [2.75, 3.05) is 26.0 Å². The molecule has 0 radical (unpaired) electrons. The molecule has 3 aromatic rings. The first-order valence-corrected chi connectivity index (χ1v) is 12.4. The first kappa shape index (κ1) is 24.4. The number of thiophene rings is 1. The molecule has 1 aromatic heterocycles. The Labute approximate surface area is 196 Å². The van der Waals surface area contributed by atoms with Gasteiger partial charge in [-0.05, 0) is 54.3 Å². The Kier molecular flexibility index (Phi) is 8.21. The zero-order valence-electron chi connectivity index (χ0n) is 18.2. The number of benzene rings is 2. The topological polar surface area (TPSA) is 102 Å². The molecule has 174 valence electrons. The van der Waals surface area contributed by atoms with Crippen LogP contribution >= 0.6 is 11.3 Å². The minimum Gasteiger partial charge on any atom is -0.496 e. The maximum atomic E-state index is 12.5. The molecule has 1 N–H and O–H groups in total. The van der Waals surface area contributed by atoms with Crippen LogP contribution in [0.3, 0.4) is 0 Å². The Bertz CT molecular complexity index is 1190. The number of para-hydroxylation sites is 1. The molecule has 2 aromatic carbocycles. The highest BCUT2D eigenvalue weighted by atomic mass is 32.2. The number of sulfonamides is 1. The third-order valence-electron chi connectivity index (χ3n) is 4.71. The largest absolute Gasteiger partial charge is 0.496 e. The van der Waals surface area contributed by atoms with Crippen molar-refractivity contribution in [1.82, 2.24) is 4.31 Å². The van der Waals surface area contributed by atoms with E-state index in [1.165, 1.54) is 18.5 Å². The molecule has 0 aliphatic heterocycles. The number of carbonyl (C=O) groups is 2. The van der Waals surface area contributed by atoms with Crippen LogP contribution < -0.4 is 14.8 Å². The van der Waals surface area contributed by atoms with Crippen LogP contribution in [0, 0.1) is 0 Å². The van der Waals surface area contributed by atoms with Gasteiger partial charge in [0.1, 0.15) is 15.7 Å². The number of nitrogens with one attached hydrogen (secondary N) is 1. The van der Waals surface area contributed by atoms with Crippen LogP contribution in [0.5, 0.6) is 11.5 Å². The van der Waals surface area contributed by atoms with E-state index < -0.39 is 16.0 Å². The molecule has 0 spiro atoms. The maximum absolute atomic E-state index is 12.5. The number of ether oxygens (including phenoxy) is 2. The molecule has 8 nitrogen and oxygen atoms in total. The Morgan fingerprint density at radius 3 is 2.42 bits per heavy atom. The van der Waals surface area contributed by atoms with Gasteiger partial charge in [0.2, 0.25) is 0 Å². The Morgan fingerprint density at radius 1 is 1.03 bits per heavy atom. The summed E-state index contributed by atoms with van der Waals surface area (Å²) in [6, 6.07) is 16.5. The van der Waals surface area contributed by atoms with Crippen molar-refractivity contribution < 1.29 is 27.5 Å². The molecule has 0 aliphatic carbocycles. The SMILES string of the molecule is COc1ccccc1C(=O)Nc1ccc(OC(=O)CCCN(C)S(=O)(=O)c2cccs2)cc1. The molecule has 0 saturated carbocycles. The van der Waals surface area contributed by atoms with E-state index in [4.69, 9.17) is 9.47 Å². The first-order chi connectivity index (χ1) is 15.8. The lowest BCUT2D eigenvalue weighted by Crippen LogP contribution is -2.28. The van der Waals surface area contributed by atoms with Gasteiger partial charge in [-0.2, -0.15) is 0 Å². The average molecular weight is 489 g/mol. The number of methoxy groups -OCH3 is 1. The van der Waals surface area contributed by atoms with Crippen LogP contribution in [0.4, 0.5) is 5.69 Å². The summed E-state index contributed by atoms with van der Waals surface area (Å²) in [4.78, 5) is 24.6. The molecule has 0 aliphatic rings. The predicted molar refractivity (Wildman–Crippen MR) is 126 cm³/mol. The van der Waals surface area contributed by atoms with Crippen LogP contribution in [-0.2, 0) is 14.8 Å². The van der Waals surface area contributed by atoms with Crippen molar-refractivity contribution in [2.24, 2.45) is 0 Å². The molecule has 1 amide bonds. The molecular formula is C23H24N2O6S2. The second-order valence-corrected chi connectivity index (χ2v) is 10.2. The van der Waals surface area contributed by atoms with Crippen LogP contribution in [0.2, 0.25) is 0 Å². The number of hydrogen-bond donors (Lipinski definition) is 1. The molecular weight excluding hydrogens is 464 g/mol.